The molecule has 5 saturated heterocycles. The molecule has 0 radical (unpaired) electrons. The number of alkyl halides is 3. The fraction of sp³-hybridized carbons (Fsp3) is 0.596. The average Bonchev–Trinajstić information content (AvgIpc) is 3.26. The molecule has 1 atom stereocenters. The number of anilines is 6. The standard InChI is InChI=1S/C47H59F4N9O4S/c1-30-22-32(4-5-35(30)53-44-52-25-34(47(49,50)51)42(55-44)60-20-14-46(15-21-60)27-64-28-46)65-33-23-45(24-33)12-18-58(19-13-45)26-31-10-16-59(17-11-31)36-6-7-37(41(40(36)48)56(2)29-61)57(3)38-8-9-39(62)54-43(38)63/h4-7,22,25,29,31,33,38H,8-21,23-24,26-28H2,1-3H3,(H,52,53,55)(H,54,62,63). The van der Waals surface area contributed by atoms with Gasteiger partial charge in [0.2, 0.25) is 24.2 Å². The highest BCUT2D eigenvalue weighted by Gasteiger charge is 2.47. The third-order valence-corrected chi connectivity index (χ3v) is 16.3. The largest absolute Gasteiger partial charge is 0.421 e. The summed E-state index contributed by atoms with van der Waals surface area (Å²) in [7, 11) is 3.19. The van der Waals surface area contributed by atoms with Crippen LogP contribution in [0.3, 0.4) is 0 Å². The number of ether oxygens (including phenoxy) is 1. The summed E-state index contributed by atoms with van der Waals surface area (Å²) in [5, 5.41) is 6.10. The molecule has 65 heavy (non-hydrogen) atoms. The number of hydrogen-bond acceptors (Lipinski definition) is 12. The van der Waals surface area contributed by atoms with Gasteiger partial charge >= 0.3 is 6.18 Å². The molecule has 0 bridgehead atoms. The predicted octanol–water partition coefficient (Wildman–Crippen LogP) is 7.39. The van der Waals surface area contributed by atoms with Crippen molar-refractivity contribution in [2.24, 2.45) is 16.7 Å². The summed E-state index contributed by atoms with van der Waals surface area (Å²) >= 11 is 1.91. The number of benzene rings is 2. The molecule has 2 spiro atoms. The first-order valence-electron chi connectivity index (χ1n) is 23.0. The van der Waals surface area contributed by atoms with E-state index in [-0.39, 0.29) is 35.2 Å². The molecular formula is C47H59F4N9O4S. The molecule has 13 nitrogen and oxygen atoms in total. The first-order valence-corrected chi connectivity index (χ1v) is 23.9. The Labute approximate surface area is 382 Å². The minimum Gasteiger partial charge on any atom is -0.380 e. The van der Waals surface area contributed by atoms with Gasteiger partial charge in [-0.1, -0.05) is 0 Å². The van der Waals surface area contributed by atoms with Gasteiger partial charge in [-0.2, -0.15) is 18.2 Å². The van der Waals surface area contributed by atoms with Gasteiger partial charge in [0.05, 0.1) is 24.6 Å². The summed E-state index contributed by atoms with van der Waals surface area (Å²) in [6.07, 6.45) is 5.60. The Kier molecular flexibility index (Phi) is 12.7. The van der Waals surface area contributed by atoms with Crippen LogP contribution in [0.25, 0.3) is 0 Å². The summed E-state index contributed by atoms with van der Waals surface area (Å²) in [6.45, 7) is 8.96. The van der Waals surface area contributed by atoms with Crippen LogP contribution in [0.2, 0.25) is 0 Å². The van der Waals surface area contributed by atoms with Crippen molar-refractivity contribution < 1.29 is 36.7 Å². The molecule has 2 aromatic carbocycles. The number of aryl methyl sites for hydroxylation is 1. The topological polar surface area (TPSA) is 126 Å². The zero-order valence-corrected chi connectivity index (χ0v) is 38.2. The second-order valence-electron chi connectivity index (χ2n) is 19.4. The minimum atomic E-state index is -4.56. The lowest BCUT2D eigenvalue weighted by molar-refractivity contribution is -0.138. The van der Waals surface area contributed by atoms with Gasteiger partial charge in [0.1, 0.15) is 23.1 Å². The fourth-order valence-corrected chi connectivity index (χ4v) is 12.6. The van der Waals surface area contributed by atoms with Crippen molar-refractivity contribution in [2.75, 3.05) is 98.0 Å². The molecule has 6 fully saturated rings. The summed E-state index contributed by atoms with van der Waals surface area (Å²) in [4.78, 5) is 55.2. The number of hydrogen-bond donors (Lipinski definition) is 2. The van der Waals surface area contributed by atoms with Gasteiger partial charge in [-0.3, -0.25) is 19.7 Å². The molecule has 18 heteroatoms. The van der Waals surface area contributed by atoms with Crippen LogP contribution in [-0.2, 0) is 25.3 Å². The van der Waals surface area contributed by atoms with Crippen LogP contribution >= 0.6 is 11.8 Å². The Morgan fingerprint density at radius 1 is 0.954 bits per heavy atom. The number of carbonyl (C=O) groups excluding carboxylic acids is 3. The highest BCUT2D eigenvalue weighted by molar-refractivity contribution is 8.00. The first kappa shape index (κ1) is 45.5. The Balaban J connectivity index is 0.736. The second-order valence-corrected chi connectivity index (χ2v) is 20.8. The summed E-state index contributed by atoms with van der Waals surface area (Å²) in [5.41, 5.74) is 2.38. The highest BCUT2D eigenvalue weighted by Crippen LogP contribution is 2.55. The third-order valence-electron chi connectivity index (χ3n) is 15.1. The van der Waals surface area contributed by atoms with E-state index in [2.05, 4.69) is 42.5 Å². The molecule has 3 aromatic rings. The van der Waals surface area contributed by atoms with E-state index in [4.69, 9.17) is 4.74 Å². The number of carbonyl (C=O) groups is 3. The molecule has 5 aliphatic heterocycles. The van der Waals surface area contributed by atoms with E-state index in [0.717, 1.165) is 62.8 Å². The number of likely N-dealkylation sites (N-methyl/N-ethyl adjacent to an activating group) is 1. The van der Waals surface area contributed by atoms with Crippen molar-refractivity contribution in [1.82, 2.24) is 20.2 Å². The van der Waals surface area contributed by atoms with Crippen LogP contribution < -0.4 is 30.2 Å². The van der Waals surface area contributed by atoms with Crippen molar-refractivity contribution >= 4 is 64.5 Å². The van der Waals surface area contributed by atoms with Gasteiger partial charge in [0.25, 0.3) is 0 Å². The fourth-order valence-electron chi connectivity index (χ4n) is 10.9. The van der Waals surface area contributed by atoms with Gasteiger partial charge in [-0.05, 0) is 125 Å². The van der Waals surface area contributed by atoms with Crippen LogP contribution in [0.4, 0.5) is 52.1 Å². The Morgan fingerprint density at radius 3 is 2.29 bits per heavy atom. The van der Waals surface area contributed by atoms with E-state index in [1.54, 1.807) is 29.0 Å². The molecule has 1 unspecified atom stereocenters. The SMILES string of the molecule is Cc1cc(SC2CC3(CCN(CC4CCN(c5ccc(N(C)C6CCC(=O)NC6=O)c(N(C)C=O)c5F)CC4)CC3)C2)ccc1Nc1ncc(C(F)(F)F)c(N2CCC3(CC2)COC3)n1. The smallest absolute Gasteiger partial charge is 0.380 e. The van der Waals surface area contributed by atoms with Crippen molar-refractivity contribution in [3.8, 4) is 0 Å². The summed E-state index contributed by atoms with van der Waals surface area (Å²) < 4.78 is 63.9. The molecule has 9 rings (SSSR count). The maximum Gasteiger partial charge on any atom is 0.421 e. The number of halogens is 4. The molecule has 1 aromatic heterocycles. The van der Waals surface area contributed by atoms with Crippen LogP contribution in [0.1, 0.15) is 75.3 Å². The Morgan fingerprint density at radius 2 is 1.66 bits per heavy atom. The van der Waals surface area contributed by atoms with E-state index in [1.807, 2.05) is 24.8 Å². The molecule has 1 aliphatic carbocycles. The van der Waals surface area contributed by atoms with Crippen molar-refractivity contribution in [3.63, 3.8) is 0 Å². The molecule has 6 aliphatic rings. The number of likely N-dealkylation sites (tertiary alicyclic amines) is 1. The number of amides is 3. The number of imide groups is 1. The van der Waals surface area contributed by atoms with Gasteiger partial charge in [-0.25, -0.2) is 9.37 Å². The number of nitrogens with one attached hydrogen (secondary N) is 2. The Bertz CT molecular complexity index is 2260. The zero-order chi connectivity index (χ0) is 45.7. The van der Waals surface area contributed by atoms with Gasteiger partial charge in [-0.15, -0.1) is 11.8 Å². The lowest BCUT2D eigenvalue weighted by Gasteiger charge is -2.52. The maximum atomic E-state index is 16.3. The van der Waals surface area contributed by atoms with Crippen LogP contribution in [0, 0.1) is 29.5 Å². The van der Waals surface area contributed by atoms with E-state index >= 15 is 4.39 Å². The minimum absolute atomic E-state index is 0.0716. The van der Waals surface area contributed by atoms with E-state index in [1.165, 1.54) is 42.5 Å². The van der Waals surface area contributed by atoms with Crippen LogP contribution in [-0.4, -0.2) is 118 Å². The molecule has 1 saturated carbocycles. The van der Waals surface area contributed by atoms with Gasteiger partial charge < -0.3 is 34.6 Å². The highest BCUT2D eigenvalue weighted by atomic mass is 32.2. The van der Waals surface area contributed by atoms with E-state index in [0.29, 0.717) is 80.2 Å². The van der Waals surface area contributed by atoms with Crippen LogP contribution in [0.5, 0.6) is 0 Å². The summed E-state index contributed by atoms with van der Waals surface area (Å²) in [5.74, 6) is -0.659. The molecule has 6 heterocycles. The van der Waals surface area contributed by atoms with Crippen molar-refractivity contribution in [1.29, 1.82) is 0 Å². The zero-order valence-electron chi connectivity index (χ0n) is 37.4. The quantitative estimate of drug-likeness (QED) is 0.107. The lowest BCUT2D eigenvalue weighted by Crippen LogP contribution is -2.51. The third kappa shape index (κ3) is 9.49. The first-order chi connectivity index (χ1) is 31.1. The van der Waals surface area contributed by atoms with Crippen LogP contribution in [0.15, 0.2) is 41.4 Å². The molecule has 350 valence electrons. The number of thioether (sulfide) groups is 1. The van der Waals surface area contributed by atoms with E-state index in [9.17, 15) is 27.6 Å². The number of aromatic nitrogens is 2. The van der Waals surface area contributed by atoms with Gasteiger partial charge in [0.15, 0.2) is 5.82 Å². The maximum absolute atomic E-state index is 16.3. The van der Waals surface area contributed by atoms with Gasteiger partial charge in [0, 0.05) is 80.7 Å². The molecular weight excluding hydrogens is 863 g/mol. The number of piperidine rings is 4. The predicted molar refractivity (Wildman–Crippen MR) is 244 cm³/mol. The normalized spacial score (nSPS) is 22.7. The second kappa shape index (κ2) is 18.2. The number of rotatable bonds is 12. The lowest BCUT2D eigenvalue weighted by atomic mass is 9.63. The molecule has 2 N–H and O–H groups in total. The average molecular weight is 922 g/mol. The molecule has 3 amide bonds. The summed E-state index contributed by atoms with van der Waals surface area (Å²) in [6, 6.07) is 9.03. The van der Waals surface area contributed by atoms with E-state index < -0.39 is 29.5 Å². The van der Waals surface area contributed by atoms with Crippen molar-refractivity contribution in [2.45, 2.75) is 93.5 Å². The number of nitrogens with zero attached hydrogens (tertiary/aromatic N) is 7. The monoisotopic (exact) mass is 921 g/mol. The van der Waals surface area contributed by atoms with Crippen molar-refractivity contribution in [3.05, 3.63) is 53.5 Å². The Hall–Kier alpha value is -4.68.